The van der Waals surface area contributed by atoms with Gasteiger partial charge in [0.25, 0.3) is 0 Å². The minimum absolute atomic E-state index is 0. The van der Waals surface area contributed by atoms with E-state index < -0.39 is 5.97 Å². The Morgan fingerprint density at radius 2 is 2.00 bits per heavy atom. The first-order chi connectivity index (χ1) is 2.27. The molecule has 2 nitrogen and oxygen atoms in total. The Hall–Kier alpha value is 1.05. The molecule has 0 bridgehead atoms. The number of hydrogen-bond donors (Lipinski definition) is 1. The summed E-state index contributed by atoms with van der Waals surface area (Å²) in [5, 5.41) is 7.72. The van der Waals surface area contributed by atoms with Crippen LogP contribution in [0.1, 0.15) is 13.3 Å². The molecule has 0 aliphatic heterocycles. The summed E-state index contributed by atoms with van der Waals surface area (Å²) in [7, 11) is 0. The molecule has 0 aliphatic rings. The van der Waals surface area contributed by atoms with Crippen molar-refractivity contribution in [3.63, 3.8) is 0 Å². The molecular formula is C3H6EuO2. The van der Waals surface area contributed by atoms with Gasteiger partial charge < -0.3 is 5.11 Å². The first-order valence-electron chi connectivity index (χ1n) is 1.49. The molecule has 0 aromatic heterocycles. The fraction of sp³-hybridized carbons (Fsp3) is 0.667. The third-order valence-electron chi connectivity index (χ3n) is 0.302. The van der Waals surface area contributed by atoms with E-state index in [0.717, 1.165) is 0 Å². The molecule has 0 aromatic rings. The Morgan fingerprint density at radius 3 is 2.00 bits per heavy atom. The second-order valence-electron chi connectivity index (χ2n) is 0.747. The van der Waals surface area contributed by atoms with Gasteiger partial charge in [0.2, 0.25) is 0 Å². The van der Waals surface area contributed by atoms with Gasteiger partial charge in [0.15, 0.2) is 0 Å². The molecule has 0 spiro atoms. The van der Waals surface area contributed by atoms with Gasteiger partial charge in [-0.15, -0.1) is 0 Å². The van der Waals surface area contributed by atoms with Gasteiger partial charge in [-0.25, -0.2) is 0 Å². The van der Waals surface area contributed by atoms with E-state index >= 15 is 0 Å². The summed E-state index contributed by atoms with van der Waals surface area (Å²) in [5.74, 6) is -0.745. The van der Waals surface area contributed by atoms with Gasteiger partial charge >= 0.3 is 5.97 Å². The Bertz CT molecular complexity index is 44.1. The zero-order valence-electron chi connectivity index (χ0n) is 3.44. The minimum atomic E-state index is -0.745. The van der Waals surface area contributed by atoms with Crippen molar-refractivity contribution in [3.8, 4) is 0 Å². The van der Waals surface area contributed by atoms with Gasteiger partial charge in [0.1, 0.15) is 0 Å². The summed E-state index contributed by atoms with van der Waals surface area (Å²) in [6, 6.07) is 0. The van der Waals surface area contributed by atoms with Crippen molar-refractivity contribution in [1.29, 1.82) is 0 Å². The number of aliphatic carboxylic acids is 1. The summed E-state index contributed by atoms with van der Waals surface area (Å²) in [6.45, 7) is 1.60. The van der Waals surface area contributed by atoms with Crippen LogP contribution >= 0.6 is 0 Å². The molecule has 0 unspecified atom stereocenters. The van der Waals surface area contributed by atoms with Crippen LogP contribution in [0.3, 0.4) is 0 Å². The average Bonchev–Trinajstić information content (AvgIpc) is 1.38. The number of carboxylic acid groups (broad SMARTS) is 1. The molecule has 0 aromatic carbocycles. The Balaban J connectivity index is 0. The Morgan fingerprint density at radius 1 is 1.83 bits per heavy atom. The summed E-state index contributed by atoms with van der Waals surface area (Å²) in [5.41, 5.74) is 0. The molecule has 3 heteroatoms. The van der Waals surface area contributed by atoms with Crippen molar-refractivity contribution in [1.82, 2.24) is 0 Å². The molecule has 0 fully saturated rings. The number of hydrogen-bond acceptors (Lipinski definition) is 1. The fourth-order valence-corrected chi connectivity index (χ4v) is 0. The summed E-state index contributed by atoms with van der Waals surface area (Å²) < 4.78 is 0. The first kappa shape index (κ1) is 10.1. The predicted octanol–water partition coefficient (Wildman–Crippen LogP) is 0.481. The molecule has 0 aliphatic carbocycles. The minimum Gasteiger partial charge on any atom is -0.481 e. The van der Waals surface area contributed by atoms with E-state index in [1.807, 2.05) is 0 Å². The molecule has 37 valence electrons. The van der Waals surface area contributed by atoms with Gasteiger partial charge in [-0.05, 0) is 0 Å². The summed E-state index contributed by atoms with van der Waals surface area (Å²) in [6.07, 6.45) is 0.222. The standard InChI is InChI=1S/C3H6O2.Eu/c1-2-3(4)5;/h2H2,1H3,(H,4,5);. The van der Waals surface area contributed by atoms with E-state index in [2.05, 4.69) is 0 Å². The molecule has 1 radical (unpaired) electrons. The van der Waals surface area contributed by atoms with Crippen LogP contribution in [0, 0.1) is 49.4 Å². The topological polar surface area (TPSA) is 37.3 Å². The van der Waals surface area contributed by atoms with Gasteiger partial charge in [0, 0.05) is 55.8 Å². The Labute approximate surface area is 77.5 Å². The van der Waals surface area contributed by atoms with Crippen molar-refractivity contribution in [3.05, 3.63) is 0 Å². The van der Waals surface area contributed by atoms with Crippen molar-refractivity contribution in [2.45, 2.75) is 13.3 Å². The number of rotatable bonds is 1. The quantitative estimate of drug-likeness (QED) is 0.706. The smallest absolute Gasteiger partial charge is 0.303 e. The molecular weight excluding hydrogens is 220 g/mol. The largest absolute Gasteiger partial charge is 0.481 e. The summed E-state index contributed by atoms with van der Waals surface area (Å²) >= 11 is 0. The molecule has 0 rings (SSSR count). The monoisotopic (exact) mass is 227 g/mol. The van der Waals surface area contributed by atoms with Crippen LogP contribution in [-0.4, -0.2) is 11.1 Å². The van der Waals surface area contributed by atoms with Gasteiger partial charge in [-0.3, -0.25) is 4.79 Å². The van der Waals surface area contributed by atoms with Gasteiger partial charge in [0.05, 0.1) is 0 Å². The maximum absolute atomic E-state index is 9.37. The van der Waals surface area contributed by atoms with Crippen LogP contribution in [-0.2, 0) is 4.79 Å². The zero-order chi connectivity index (χ0) is 4.28. The second kappa shape index (κ2) is 6.05. The maximum Gasteiger partial charge on any atom is 0.303 e. The SMILES string of the molecule is CCC(=O)O.[Eu]. The average molecular weight is 226 g/mol. The fourth-order valence-electron chi connectivity index (χ4n) is 0. The van der Waals surface area contributed by atoms with Crippen LogP contribution in [0.2, 0.25) is 0 Å². The molecule has 0 saturated carbocycles. The zero-order valence-corrected chi connectivity index (χ0v) is 5.87. The summed E-state index contributed by atoms with van der Waals surface area (Å²) in [4.78, 5) is 9.37. The third-order valence-corrected chi connectivity index (χ3v) is 0.302. The Kier molecular flexibility index (Phi) is 10.2. The van der Waals surface area contributed by atoms with Crippen molar-refractivity contribution < 1.29 is 59.3 Å². The van der Waals surface area contributed by atoms with Crippen molar-refractivity contribution in [2.75, 3.05) is 0 Å². The van der Waals surface area contributed by atoms with Crippen LogP contribution in [0.25, 0.3) is 0 Å². The first-order valence-corrected chi connectivity index (χ1v) is 1.49. The molecule has 0 saturated heterocycles. The van der Waals surface area contributed by atoms with E-state index in [1.54, 1.807) is 6.92 Å². The maximum atomic E-state index is 9.37. The van der Waals surface area contributed by atoms with Crippen molar-refractivity contribution >= 4 is 5.97 Å². The van der Waals surface area contributed by atoms with E-state index in [-0.39, 0.29) is 55.8 Å². The van der Waals surface area contributed by atoms with E-state index in [4.69, 9.17) is 5.11 Å². The van der Waals surface area contributed by atoms with E-state index in [0.29, 0.717) is 0 Å². The number of carbonyl (C=O) groups is 1. The molecule has 0 atom stereocenters. The van der Waals surface area contributed by atoms with E-state index in [9.17, 15) is 4.79 Å². The van der Waals surface area contributed by atoms with E-state index in [1.165, 1.54) is 0 Å². The van der Waals surface area contributed by atoms with Gasteiger partial charge in [-0.1, -0.05) is 6.92 Å². The van der Waals surface area contributed by atoms with Crippen molar-refractivity contribution in [2.24, 2.45) is 0 Å². The molecule has 6 heavy (non-hydrogen) atoms. The molecule has 0 amide bonds. The third kappa shape index (κ3) is 8.91. The normalized spacial score (nSPS) is 6.17. The molecule has 1 N–H and O–H groups in total. The molecule has 0 heterocycles. The number of carboxylic acids is 1. The van der Waals surface area contributed by atoms with Crippen LogP contribution < -0.4 is 0 Å². The van der Waals surface area contributed by atoms with Crippen LogP contribution in [0.5, 0.6) is 0 Å². The van der Waals surface area contributed by atoms with Crippen LogP contribution in [0.4, 0.5) is 0 Å². The second-order valence-corrected chi connectivity index (χ2v) is 0.747. The predicted molar refractivity (Wildman–Crippen MR) is 17.9 cm³/mol. The van der Waals surface area contributed by atoms with Crippen LogP contribution in [0.15, 0.2) is 0 Å². The van der Waals surface area contributed by atoms with Gasteiger partial charge in [-0.2, -0.15) is 0 Å².